The van der Waals surface area contributed by atoms with Crippen LogP contribution in [0.1, 0.15) is 17.3 Å². The van der Waals surface area contributed by atoms with Gasteiger partial charge in [0, 0.05) is 12.1 Å². The Morgan fingerprint density at radius 3 is 2.43 bits per heavy atom. The fourth-order valence-electron chi connectivity index (χ4n) is 2.80. The number of phenolic OH excluding ortho intramolecular Hbond substituents is 2. The Labute approximate surface area is 131 Å². The number of rotatable bonds is 1. The summed E-state index contributed by atoms with van der Waals surface area (Å²) in [4.78, 5) is 12.3. The molecule has 1 heterocycles. The summed E-state index contributed by atoms with van der Waals surface area (Å²) >= 11 is 0. The Balaban J connectivity index is 2.03. The molecule has 7 heteroatoms. The first-order valence-corrected chi connectivity index (χ1v) is 7.00. The van der Waals surface area contributed by atoms with Crippen LogP contribution in [0.3, 0.4) is 0 Å². The molecule has 0 saturated heterocycles. The first kappa shape index (κ1) is 15.5. The number of benzene rings is 1. The predicted molar refractivity (Wildman–Crippen MR) is 78.4 cm³/mol. The lowest BCUT2D eigenvalue weighted by Gasteiger charge is -2.33. The molecule has 2 aliphatic rings. The summed E-state index contributed by atoms with van der Waals surface area (Å²) in [6, 6.07) is 2.15. The first-order chi connectivity index (χ1) is 10.8. The van der Waals surface area contributed by atoms with Crippen molar-refractivity contribution in [3.8, 4) is 17.2 Å². The molecule has 23 heavy (non-hydrogen) atoms. The second-order valence-electron chi connectivity index (χ2n) is 5.68. The van der Waals surface area contributed by atoms with Gasteiger partial charge in [0.15, 0.2) is 12.2 Å². The van der Waals surface area contributed by atoms with Crippen molar-refractivity contribution in [3.05, 3.63) is 41.0 Å². The molecule has 0 bridgehead atoms. The number of carbonyl (C=O) groups excluding carboxylic acids is 1. The van der Waals surface area contributed by atoms with Crippen LogP contribution in [0.2, 0.25) is 0 Å². The van der Waals surface area contributed by atoms with E-state index in [1.807, 2.05) is 0 Å². The van der Waals surface area contributed by atoms with Crippen LogP contribution in [-0.2, 0) is 0 Å². The van der Waals surface area contributed by atoms with Crippen LogP contribution in [-0.4, -0.2) is 55.7 Å². The zero-order chi connectivity index (χ0) is 16.9. The number of hydrogen-bond acceptors (Lipinski definition) is 7. The monoisotopic (exact) mass is 320 g/mol. The smallest absolute Gasteiger partial charge is 0.202 e. The lowest BCUT2D eigenvalue weighted by atomic mass is 9.87. The molecule has 0 radical (unpaired) electrons. The van der Waals surface area contributed by atoms with Crippen molar-refractivity contribution in [2.75, 3.05) is 0 Å². The Kier molecular flexibility index (Phi) is 3.63. The molecule has 4 unspecified atom stereocenters. The van der Waals surface area contributed by atoms with Gasteiger partial charge in [-0.2, -0.15) is 0 Å². The number of phenols is 2. The van der Waals surface area contributed by atoms with E-state index < -0.39 is 35.9 Å². The Bertz CT molecular complexity index is 734. The normalized spacial score (nSPS) is 30.2. The number of fused-ring (bicyclic) bond motifs is 1. The zero-order valence-corrected chi connectivity index (χ0v) is 12.2. The molecule has 0 amide bonds. The van der Waals surface area contributed by atoms with Crippen LogP contribution in [0.25, 0.3) is 0 Å². The topological polar surface area (TPSA) is 127 Å². The minimum Gasteiger partial charge on any atom is -0.508 e. The molecule has 0 spiro atoms. The van der Waals surface area contributed by atoms with Gasteiger partial charge in [-0.1, -0.05) is 6.08 Å². The molecule has 0 fully saturated rings. The fraction of sp³-hybridized carbons (Fsp3) is 0.312. The second kappa shape index (κ2) is 5.38. The standard InChI is InChI=1S/C16H16O7/c1-6-2-7(3-10(19)13(6)20)16-15(22)14(21)12-9(18)4-8(17)5-11(12)23-16/h2-5,10,13,15-20,22H,1H3. The Hall–Kier alpha value is -2.35. The maximum Gasteiger partial charge on any atom is 0.202 e. The van der Waals surface area contributed by atoms with Crippen molar-refractivity contribution in [3.63, 3.8) is 0 Å². The highest BCUT2D eigenvalue weighted by Gasteiger charge is 2.40. The van der Waals surface area contributed by atoms with Gasteiger partial charge in [0.2, 0.25) is 5.78 Å². The maximum absolute atomic E-state index is 12.3. The van der Waals surface area contributed by atoms with Gasteiger partial charge in [-0.25, -0.2) is 0 Å². The number of carbonyl (C=O) groups is 1. The Morgan fingerprint density at radius 1 is 1.09 bits per heavy atom. The van der Waals surface area contributed by atoms with Gasteiger partial charge in [-0.3, -0.25) is 4.79 Å². The largest absolute Gasteiger partial charge is 0.508 e. The van der Waals surface area contributed by atoms with Gasteiger partial charge in [-0.05, 0) is 24.1 Å². The van der Waals surface area contributed by atoms with Gasteiger partial charge in [0.25, 0.3) is 0 Å². The quantitative estimate of drug-likeness (QED) is 0.493. The predicted octanol–water partition coefficient (Wildman–Crippen LogP) is 0.0105. The van der Waals surface area contributed by atoms with Crippen LogP contribution in [0, 0.1) is 0 Å². The van der Waals surface area contributed by atoms with Gasteiger partial charge >= 0.3 is 0 Å². The highest BCUT2D eigenvalue weighted by atomic mass is 16.5. The summed E-state index contributed by atoms with van der Waals surface area (Å²) in [5, 5.41) is 49.0. The zero-order valence-electron chi connectivity index (χ0n) is 12.2. The summed E-state index contributed by atoms with van der Waals surface area (Å²) in [7, 11) is 0. The van der Waals surface area contributed by atoms with Crippen LogP contribution in [0.5, 0.6) is 17.2 Å². The molecule has 7 nitrogen and oxygen atoms in total. The average Bonchev–Trinajstić information content (AvgIpc) is 2.47. The summed E-state index contributed by atoms with van der Waals surface area (Å²) < 4.78 is 5.55. The van der Waals surface area contributed by atoms with Crippen molar-refractivity contribution >= 4 is 5.78 Å². The maximum atomic E-state index is 12.3. The SMILES string of the molecule is CC1=CC(C2Oc3cc(O)cc(O)c3C(=O)C2O)=CC(O)C1O. The molecule has 5 N–H and O–H groups in total. The highest BCUT2D eigenvalue weighted by molar-refractivity contribution is 6.05. The lowest BCUT2D eigenvalue weighted by Crippen LogP contribution is -2.44. The lowest BCUT2D eigenvalue weighted by molar-refractivity contribution is 0.0319. The molecular formula is C16H16O7. The first-order valence-electron chi connectivity index (χ1n) is 7.00. The minimum atomic E-state index is -1.59. The highest BCUT2D eigenvalue weighted by Crippen LogP contribution is 2.39. The van der Waals surface area contributed by atoms with E-state index in [2.05, 4.69) is 0 Å². The van der Waals surface area contributed by atoms with Gasteiger partial charge in [0.1, 0.15) is 35.0 Å². The van der Waals surface area contributed by atoms with Crippen molar-refractivity contribution in [1.29, 1.82) is 0 Å². The minimum absolute atomic E-state index is 0.0598. The average molecular weight is 320 g/mol. The van der Waals surface area contributed by atoms with Crippen molar-refractivity contribution in [1.82, 2.24) is 0 Å². The number of aliphatic hydroxyl groups excluding tert-OH is 3. The van der Waals surface area contributed by atoms with E-state index in [0.29, 0.717) is 11.1 Å². The molecule has 122 valence electrons. The number of ether oxygens (including phenoxy) is 1. The van der Waals surface area contributed by atoms with Crippen molar-refractivity contribution in [2.45, 2.75) is 31.3 Å². The van der Waals surface area contributed by atoms with E-state index in [0.717, 1.165) is 12.1 Å². The summed E-state index contributed by atoms with van der Waals surface area (Å²) in [6.07, 6.45) is -2.13. The van der Waals surface area contributed by atoms with Crippen LogP contribution in [0.4, 0.5) is 0 Å². The van der Waals surface area contributed by atoms with E-state index in [4.69, 9.17) is 4.74 Å². The molecular weight excluding hydrogens is 304 g/mol. The van der Waals surface area contributed by atoms with E-state index in [-0.39, 0.29) is 17.1 Å². The van der Waals surface area contributed by atoms with Crippen LogP contribution < -0.4 is 4.74 Å². The van der Waals surface area contributed by atoms with Gasteiger partial charge < -0.3 is 30.3 Å². The summed E-state index contributed by atoms with van der Waals surface area (Å²) in [6.45, 7) is 1.60. The number of Topliss-reactive ketones (excluding diaryl/α,β-unsaturated/α-hetero) is 1. The third-order valence-corrected chi connectivity index (χ3v) is 4.00. The van der Waals surface area contributed by atoms with Crippen molar-refractivity contribution in [2.24, 2.45) is 0 Å². The number of aliphatic hydroxyl groups is 3. The van der Waals surface area contributed by atoms with Gasteiger partial charge in [-0.15, -0.1) is 0 Å². The molecule has 1 aromatic carbocycles. The molecule has 1 aliphatic carbocycles. The summed E-state index contributed by atoms with van der Waals surface area (Å²) in [5.41, 5.74) is 0.585. The van der Waals surface area contributed by atoms with Crippen LogP contribution in [0.15, 0.2) is 35.4 Å². The molecule has 0 aromatic heterocycles. The number of ketones is 1. The molecule has 4 atom stereocenters. The fourth-order valence-corrected chi connectivity index (χ4v) is 2.80. The van der Waals surface area contributed by atoms with Crippen LogP contribution >= 0.6 is 0 Å². The third kappa shape index (κ3) is 2.48. The second-order valence-corrected chi connectivity index (χ2v) is 5.68. The van der Waals surface area contributed by atoms with E-state index >= 15 is 0 Å². The Morgan fingerprint density at radius 2 is 1.78 bits per heavy atom. The van der Waals surface area contributed by atoms with E-state index in [1.54, 1.807) is 6.92 Å². The molecule has 1 aromatic rings. The molecule has 0 saturated carbocycles. The van der Waals surface area contributed by atoms with Gasteiger partial charge in [0.05, 0.1) is 0 Å². The van der Waals surface area contributed by atoms with E-state index in [1.165, 1.54) is 12.2 Å². The number of hydrogen-bond donors (Lipinski definition) is 5. The number of aromatic hydroxyl groups is 2. The summed E-state index contributed by atoms with van der Waals surface area (Å²) in [5.74, 6) is -1.58. The van der Waals surface area contributed by atoms with Crippen molar-refractivity contribution < 1.29 is 35.1 Å². The third-order valence-electron chi connectivity index (χ3n) is 4.00. The molecule has 3 rings (SSSR count). The molecule has 1 aliphatic heterocycles. The van der Waals surface area contributed by atoms with E-state index in [9.17, 15) is 30.3 Å².